The molecule has 0 aromatic carbocycles. The van der Waals surface area contributed by atoms with E-state index in [1.807, 2.05) is 0 Å². The van der Waals surface area contributed by atoms with Crippen LogP contribution >= 0.6 is 0 Å². The highest BCUT2D eigenvalue weighted by molar-refractivity contribution is 5.91. The second kappa shape index (κ2) is 2.34. The van der Waals surface area contributed by atoms with Crippen molar-refractivity contribution < 1.29 is 9.90 Å². The predicted molar refractivity (Wildman–Crippen MR) is 33.0 cm³/mol. The smallest absolute Gasteiger partial charge is 0.0751 e. The van der Waals surface area contributed by atoms with Gasteiger partial charge < -0.3 is 15.6 Å². The minimum absolute atomic E-state index is 0.0671. The van der Waals surface area contributed by atoms with Crippen molar-refractivity contribution in [3.8, 4) is 0 Å². The van der Waals surface area contributed by atoms with E-state index in [0.29, 0.717) is 0 Å². The lowest BCUT2D eigenvalue weighted by atomic mass is 10.2. The Hall–Kier alpha value is -1.58. The van der Waals surface area contributed by atoms with Crippen LogP contribution in [0.2, 0.25) is 0 Å². The molecule has 0 saturated heterocycles. The first-order valence-corrected chi connectivity index (χ1v) is 2.62. The van der Waals surface area contributed by atoms with Crippen molar-refractivity contribution >= 4 is 11.7 Å². The Bertz CT molecular complexity index is 260. The Morgan fingerprint density at radius 3 is 2.80 bits per heavy atom. The van der Waals surface area contributed by atoms with Gasteiger partial charge in [0.2, 0.25) is 0 Å². The predicted octanol–water partition coefficient (Wildman–Crippen LogP) is -0.973. The Balaban J connectivity index is 3.15. The number of nitrogen functional groups attached to an aromatic ring is 1. The molecule has 0 saturated carbocycles. The van der Waals surface area contributed by atoms with Crippen LogP contribution in [0, 0.1) is 0 Å². The summed E-state index contributed by atoms with van der Waals surface area (Å²) in [6.45, 7) is 0. The van der Waals surface area contributed by atoms with E-state index in [1.54, 1.807) is 0 Å². The average Bonchev–Trinajstić information content (AvgIpc) is 1.88. The highest BCUT2D eigenvalue weighted by Gasteiger charge is 1.96. The zero-order chi connectivity index (χ0) is 7.56. The number of aromatic nitrogens is 1. The molecule has 1 aromatic rings. The van der Waals surface area contributed by atoms with Crippen LogP contribution in [0.5, 0.6) is 0 Å². The van der Waals surface area contributed by atoms with Gasteiger partial charge in [0.25, 0.3) is 0 Å². The van der Waals surface area contributed by atoms with E-state index >= 15 is 0 Å². The number of rotatable bonds is 1. The summed E-state index contributed by atoms with van der Waals surface area (Å²) in [5, 5.41) is 10.2. The van der Waals surface area contributed by atoms with Crippen molar-refractivity contribution in [3.05, 3.63) is 24.0 Å². The summed E-state index contributed by atoms with van der Waals surface area (Å²) in [5.74, 6) is -1.30. The lowest BCUT2D eigenvalue weighted by molar-refractivity contribution is -0.254. The third-order valence-corrected chi connectivity index (χ3v) is 1.07. The van der Waals surface area contributed by atoms with E-state index in [2.05, 4.69) is 4.98 Å². The molecule has 10 heavy (non-hydrogen) atoms. The topological polar surface area (TPSA) is 79.0 Å². The van der Waals surface area contributed by atoms with Crippen LogP contribution in [0.4, 0.5) is 5.69 Å². The maximum atomic E-state index is 10.2. The van der Waals surface area contributed by atoms with Gasteiger partial charge in [-0.25, -0.2) is 0 Å². The molecule has 0 atom stereocenters. The fraction of sp³-hybridized carbons (Fsp3) is 0. The second-order valence-electron chi connectivity index (χ2n) is 1.75. The summed E-state index contributed by atoms with van der Waals surface area (Å²) < 4.78 is 0. The van der Waals surface area contributed by atoms with Gasteiger partial charge in [-0.15, -0.1) is 0 Å². The van der Waals surface area contributed by atoms with Gasteiger partial charge in [-0.3, -0.25) is 4.98 Å². The summed E-state index contributed by atoms with van der Waals surface area (Å²) in [4.78, 5) is 13.8. The Morgan fingerprint density at radius 1 is 1.70 bits per heavy atom. The van der Waals surface area contributed by atoms with E-state index in [-0.39, 0.29) is 11.3 Å². The number of carbonyl (C=O) groups excluding carboxylic acids is 1. The molecule has 1 heterocycles. The lowest BCUT2D eigenvalue weighted by Gasteiger charge is -2.02. The minimum Gasteiger partial charge on any atom is -0.545 e. The highest BCUT2D eigenvalue weighted by Crippen LogP contribution is 2.05. The van der Waals surface area contributed by atoms with Gasteiger partial charge in [0, 0.05) is 23.6 Å². The van der Waals surface area contributed by atoms with Crippen molar-refractivity contribution in [3.63, 3.8) is 0 Å². The van der Waals surface area contributed by atoms with Crippen LogP contribution in [0.3, 0.4) is 0 Å². The Labute approximate surface area is 57.3 Å². The van der Waals surface area contributed by atoms with Crippen LogP contribution in [0.15, 0.2) is 18.5 Å². The molecule has 0 aliphatic carbocycles. The van der Waals surface area contributed by atoms with Crippen molar-refractivity contribution in [2.45, 2.75) is 0 Å². The summed E-state index contributed by atoms with van der Waals surface area (Å²) in [5.41, 5.74) is 5.37. The molecule has 0 unspecified atom stereocenters. The molecule has 1 aromatic heterocycles. The molecule has 0 spiro atoms. The number of anilines is 1. The number of carboxylic acids is 1. The second-order valence-corrected chi connectivity index (χ2v) is 1.75. The van der Waals surface area contributed by atoms with Gasteiger partial charge in [-0.2, -0.15) is 0 Å². The summed E-state index contributed by atoms with van der Waals surface area (Å²) in [6.07, 6.45) is 2.58. The Kier molecular flexibility index (Phi) is 1.53. The van der Waals surface area contributed by atoms with Crippen molar-refractivity contribution in [2.75, 3.05) is 5.73 Å². The summed E-state index contributed by atoms with van der Waals surface area (Å²) in [6, 6.07) is 1.41. The molecule has 4 nitrogen and oxygen atoms in total. The van der Waals surface area contributed by atoms with Crippen molar-refractivity contribution in [1.82, 2.24) is 4.98 Å². The third kappa shape index (κ3) is 1.05. The number of nitrogens with zero attached hydrogens (tertiary/aromatic N) is 1. The first kappa shape index (κ1) is 6.54. The molecule has 0 aliphatic rings. The van der Waals surface area contributed by atoms with E-state index in [4.69, 9.17) is 5.73 Å². The molecule has 1 rings (SSSR count). The van der Waals surface area contributed by atoms with Crippen molar-refractivity contribution in [2.24, 2.45) is 0 Å². The molecule has 0 aliphatic heterocycles. The molecular formula is C6H5N2O2-. The first-order chi connectivity index (χ1) is 4.72. The third-order valence-electron chi connectivity index (χ3n) is 1.07. The number of hydrogen-bond acceptors (Lipinski definition) is 4. The van der Waals surface area contributed by atoms with Crippen LogP contribution in [0.25, 0.3) is 0 Å². The van der Waals surface area contributed by atoms with E-state index in [1.165, 1.54) is 12.3 Å². The molecule has 2 N–H and O–H groups in total. The van der Waals surface area contributed by atoms with E-state index < -0.39 is 5.97 Å². The Morgan fingerprint density at radius 2 is 2.40 bits per heavy atom. The fourth-order valence-electron chi connectivity index (χ4n) is 0.576. The van der Waals surface area contributed by atoms with Crippen LogP contribution in [0.1, 0.15) is 10.4 Å². The largest absolute Gasteiger partial charge is 0.545 e. The first-order valence-electron chi connectivity index (χ1n) is 2.62. The van der Waals surface area contributed by atoms with Gasteiger partial charge in [-0.05, 0) is 6.07 Å². The maximum Gasteiger partial charge on any atom is 0.0751 e. The summed E-state index contributed by atoms with van der Waals surface area (Å²) in [7, 11) is 0. The molecule has 52 valence electrons. The number of hydrogen-bond donors (Lipinski definition) is 1. The quantitative estimate of drug-likeness (QED) is 0.540. The average molecular weight is 137 g/mol. The molecule has 0 bridgehead atoms. The molecule has 0 amide bonds. The van der Waals surface area contributed by atoms with Crippen LogP contribution < -0.4 is 10.8 Å². The lowest BCUT2D eigenvalue weighted by Crippen LogP contribution is -2.23. The molecular weight excluding hydrogens is 132 g/mol. The van der Waals surface area contributed by atoms with Gasteiger partial charge in [0.1, 0.15) is 0 Å². The van der Waals surface area contributed by atoms with E-state index in [0.717, 1.165) is 6.20 Å². The normalized spacial score (nSPS) is 9.20. The number of carbonyl (C=O) groups is 1. The van der Waals surface area contributed by atoms with Crippen molar-refractivity contribution in [1.29, 1.82) is 0 Å². The molecule has 4 heteroatoms. The maximum absolute atomic E-state index is 10.2. The van der Waals surface area contributed by atoms with Gasteiger partial charge >= 0.3 is 0 Å². The number of carboxylic acid groups (broad SMARTS) is 1. The van der Waals surface area contributed by atoms with E-state index in [9.17, 15) is 9.90 Å². The van der Waals surface area contributed by atoms with Gasteiger partial charge in [0.15, 0.2) is 0 Å². The fourth-order valence-corrected chi connectivity index (χ4v) is 0.576. The zero-order valence-corrected chi connectivity index (χ0v) is 5.07. The monoisotopic (exact) mass is 137 g/mol. The van der Waals surface area contributed by atoms with Gasteiger partial charge in [-0.1, -0.05) is 0 Å². The number of aromatic carboxylic acids is 1. The van der Waals surface area contributed by atoms with Gasteiger partial charge in [0.05, 0.1) is 5.97 Å². The minimum atomic E-state index is -1.30. The SMILES string of the molecule is Nc1ccncc1C(=O)[O-]. The molecule has 0 fully saturated rings. The van der Waals surface area contributed by atoms with Crippen LogP contribution in [-0.4, -0.2) is 11.0 Å². The highest BCUT2D eigenvalue weighted by atomic mass is 16.4. The summed E-state index contributed by atoms with van der Waals surface area (Å²) >= 11 is 0. The molecule has 0 radical (unpaired) electrons. The number of nitrogens with two attached hydrogens (primary N) is 1. The van der Waals surface area contributed by atoms with Crippen LogP contribution in [-0.2, 0) is 0 Å². The number of pyridine rings is 1. The standard InChI is InChI=1S/C6H6N2O2/c7-5-1-2-8-3-4(5)6(9)10/h1-3H,(H2,7,8)(H,9,10)/p-1. The zero-order valence-electron chi connectivity index (χ0n) is 5.07.